The topological polar surface area (TPSA) is 67.2 Å². The van der Waals surface area contributed by atoms with Crippen LogP contribution < -0.4 is 10.2 Å². The normalized spacial score (nSPS) is 21.9. The van der Waals surface area contributed by atoms with Crippen molar-refractivity contribution >= 4 is 28.5 Å². The molecule has 6 nitrogen and oxygen atoms in total. The fraction of sp³-hybridized carbons (Fsp3) is 0.423. The quantitative estimate of drug-likeness (QED) is 0.618. The van der Waals surface area contributed by atoms with Gasteiger partial charge in [-0.3, -0.25) is 14.5 Å². The minimum Gasteiger partial charge on any atom is -0.351 e. The van der Waals surface area contributed by atoms with Crippen LogP contribution in [-0.4, -0.2) is 32.9 Å². The number of nitrogens with zero attached hydrogens (tertiary/aromatic N) is 3. The Morgan fingerprint density at radius 1 is 1.03 bits per heavy atom. The van der Waals surface area contributed by atoms with E-state index in [2.05, 4.69) is 10.3 Å². The smallest absolute Gasteiger partial charge is 0.295 e. The Hall–Kier alpha value is -3.15. The fourth-order valence-electron chi connectivity index (χ4n) is 5.14. The zero-order valence-corrected chi connectivity index (χ0v) is 18.8. The molecule has 2 aromatic carbocycles. The van der Waals surface area contributed by atoms with E-state index < -0.39 is 5.54 Å². The molecular formula is C26H30N4O2. The highest BCUT2D eigenvalue weighted by Gasteiger charge is 2.49. The highest BCUT2D eigenvalue weighted by atomic mass is 16.2. The summed E-state index contributed by atoms with van der Waals surface area (Å²) in [6, 6.07) is 15.7. The van der Waals surface area contributed by atoms with Crippen LogP contribution >= 0.6 is 0 Å². The van der Waals surface area contributed by atoms with Crippen LogP contribution in [0, 0.1) is 6.92 Å². The minimum atomic E-state index is -1.06. The maximum Gasteiger partial charge on any atom is 0.295 e. The molecule has 3 aromatic rings. The number of amides is 2. The molecule has 2 aliphatic rings. The molecular weight excluding hydrogens is 400 g/mol. The average Bonchev–Trinajstić information content (AvgIpc) is 2.96. The number of hydrogen-bond donors (Lipinski definition) is 1. The van der Waals surface area contributed by atoms with Gasteiger partial charge in [-0.25, -0.2) is 4.98 Å². The predicted molar refractivity (Wildman–Crippen MR) is 126 cm³/mol. The average molecular weight is 431 g/mol. The lowest BCUT2D eigenvalue weighted by molar-refractivity contribution is -0.127. The Morgan fingerprint density at radius 2 is 1.72 bits per heavy atom. The molecule has 1 aliphatic heterocycles. The van der Waals surface area contributed by atoms with E-state index in [1.54, 1.807) is 4.90 Å². The molecule has 166 valence electrons. The van der Waals surface area contributed by atoms with Gasteiger partial charge in [0.2, 0.25) is 11.7 Å². The second-order valence-corrected chi connectivity index (χ2v) is 9.42. The second-order valence-electron chi connectivity index (χ2n) is 9.42. The summed E-state index contributed by atoms with van der Waals surface area (Å²) < 4.78 is 1.91. The van der Waals surface area contributed by atoms with Gasteiger partial charge in [0.25, 0.3) is 5.91 Å². The number of para-hydroxylation sites is 2. The second kappa shape index (κ2) is 8.08. The largest absolute Gasteiger partial charge is 0.351 e. The van der Waals surface area contributed by atoms with Crippen molar-refractivity contribution in [3.05, 3.63) is 59.9 Å². The van der Waals surface area contributed by atoms with Crippen LogP contribution in [0.25, 0.3) is 11.0 Å². The molecule has 0 unspecified atom stereocenters. The number of fused-ring (bicyclic) bond motifs is 3. The molecule has 1 aromatic heterocycles. The summed E-state index contributed by atoms with van der Waals surface area (Å²) in [7, 11) is 0. The van der Waals surface area contributed by atoms with Gasteiger partial charge >= 0.3 is 0 Å². The molecule has 1 fully saturated rings. The minimum absolute atomic E-state index is 0.0956. The molecule has 6 heteroatoms. The molecule has 0 saturated heterocycles. The van der Waals surface area contributed by atoms with Gasteiger partial charge in [-0.2, -0.15) is 0 Å². The van der Waals surface area contributed by atoms with Crippen molar-refractivity contribution < 1.29 is 9.59 Å². The maximum atomic E-state index is 13.8. The van der Waals surface area contributed by atoms with Crippen molar-refractivity contribution in [3.63, 3.8) is 0 Å². The third-order valence-corrected chi connectivity index (χ3v) is 6.98. The number of aryl methyl sites for hydroxylation is 1. The fourth-order valence-corrected chi connectivity index (χ4v) is 5.14. The molecule has 32 heavy (non-hydrogen) atoms. The monoisotopic (exact) mass is 430 g/mol. The highest BCUT2D eigenvalue weighted by Crippen LogP contribution is 2.35. The van der Waals surface area contributed by atoms with Crippen molar-refractivity contribution in [2.24, 2.45) is 0 Å². The van der Waals surface area contributed by atoms with Crippen LogP contribution in [0.1, 0.15) is 61.6 Å². The Morgan fingerprint density at radius 3 is 2.44 bits per heavy atom. The SMILES string of the molecule is Cc1ccc(N2C(=O)c3nc4ccccc4n3C[C@]2(C)C(=O)NC2CCCCCC2)cc1. The van der Waals surface area contributed by atoms with E-state index in [0.29, 0.717) is 12.4 Å². The number of anilines is 1. The number of carbonyl (C=O) groups excluding carboxylic acids is 2. The third-order valence-electron chi connectivity index (χ3n) is 6.98. The maximum absolute atomic E-state index is 13.8. The van der Waals surface area contributed by atoms with Crippen molar-refractivity contribution in [2.45, 2.75) is 70.5 Å². The van der Waals surface area contributed by atoms with Gasteiger partial charge in [0, 0.05) is 11.7 Å². The number of benzene rings is 2. The molecule has 2 amide bonds. The lowest BCUT2D eigenvalue weighted by atomic mass is 9.93. The van der Waals surface area contributed by atoms with Crippen LogP contribution in [-0.2, 0) is 11.3 Å². The molecule has 1 N–H and O–H groups in total. The van der Waals surface area contributed by atoms with Crippen LogP contribution in [0.2, 0.25) is 0 Å². The van der Waals surface area contributed by atoms with Crippen molar-refractivity contribution in [2.75, 3.05) is 4.90 Å². The summed E-state index contributed by atoms with van der Waals surface area (Å²) in [6.07, 6.45) is 6.72. The summed E-state index contributed by atoms with van der Waals surface area (Å²) in [5.41, 5.74) is 2.42. The van der Waals surface area contributed by atoms with Crippen molar-refractivity contribution in [3.8, 4) is 0 Å². The van der Waals surface area contributed by atoms with Gasteiger partial charge in [0.1, 0.15) is 5.54 Å². The van der Waals surface area contributed by atoms with Crippen molar-refractivity contribution in [1.82, 2.24) is 14.9 Å². The van der Waals surface area contributed by atoms with E-state index >= 15 is 0 Å². The van der Waals surface area contributed by atoms with Gasteiger partial charge in [-0.15, -0.1) is 0 Å². The first kappa shape index (κ1) is 20.7. The van der Waals surface area contributed by atoms with Gasteiger partial charge < -0.3 is 9.88 Å². The Bertz CT molecular complexity index is 1160. The number of nitrogens with one attached hydrogen (secondary N) is 1. The van der Waals surface area contributed by atoms with Gasteiger partial charge in [-0.1, -0.05) is 55.5 Å². The molecule has 1 atom stereocenters. The molecule has 0 spiro atoms. The first-order valence-electron chi connectivity index (χ1n) is 11.6. The lowest BCUT2D eigenvalue weighted by Crippen LogP contribution is -2.65. The highest BCUT2D eigenvalue weighted by molar-refractivity contribution is 6.12. The van der Waals surface area contributed by atoms with Crippen LogP contribution in [0.5, 0.6) is 0 Å². The van der Waals surface area contributed by atoms with Gasteiger partial charge in [0.15, 0.2) is 0 Å². The first-order chi connectivity index (χ1) is 15.5. The number of carbonyl (C=O) groups is 2. The summed E-state index contributed by atoms with van der Waals surface area (Å²) in [5.74, 6) is 0.0445. The van der Waals surface area contributed by atoms with Gasteiger partial charge in [-0.05, 0) is 51.0 Å². The molecule has 5 rings (SSSR count). The number of rotatable bonds is 3. The van der Waals surface area contributed by atoms with E-state index in [9.17, 15) is 9.59 Å². The predicted octanol–water partition coefficient (Wildman–Crippen LogP) is 4.60. The number of hydrogen-bond acceptors (Lipinski definition) is 3. The zero-order chi connectivity index (χ0) is 22.3. The molecule has 1 saturated carbocycles. The lowest BCUT2D eigenvalue weighted by Gasteiger charge is -2.44. The molecule has 1 aliphatic carbocycles. The first-order valence-corrected chi connectivity index (χ1v) is 11.6. The van der Waals surface area contributed by atoms with Crippen LogP contribution in [0.3, 0.4) is 0 Å². The third kappa shape index (κ3) is 3.48. The molecule has 0 bridgehead atoms. The molecule has 0 radical (unpaired) electrons. The van der Waals surface area contributed by atoms with Crippen LogP contribution in [0.4, 0.5) is 5.69 Å². The van der Waals surface area contributed by atoms with E-state index in [4.69, 9.17) is 0 Å². The van der Waals surface area contributed by atoms with Gasteiger partial charge in [0.05, 0.1) is 17.6 Å². The van der Waals surface area contributed by atoms with E-state index in [1.807, 2.05) is 66.9 Å². The summed E-state index contributed by atoms with van der Waals surface area (Å²) in [5, 5.41) is 3.31. The Balaban J connectivity index is 1.59. The van der Waals surface area contributed by atoms with Crippen molar-refractivity contribution in [1.29, 1.82) is 0 Å². The summed E-state index contributed by atoms with van der Waals surface area (Å²) >= 11 is 0. The molecule has 2 heterocycles. The summed E-state index contributed by atoms with van der Waals surface area (Å²) in [4.78, 5) is 33.9. The Kier molecular flexibility index (Phi) is 5.24. The Labute approximate surface area is 188 Å². The summed E-state index contributed by atoms with van der Waals surface area (Å²) in [6.45, 7) is 4.26. The van der Waals surface area contributed by atoms with E-state index in [0.717, 1.165) is 48.0 Å². The number of imidazole rings is 1. The van der Waals surface area contributed by atoms with E-state index in [-0.39, 0.29) is 17.9 Å². The van der Waals surface area contributed by atoms with E-state index in [1.165, 1.54) is 12.8 Å². The zero-order valence-electron chi connectivity index (χ0n) is 18.8. The van der Waals surface area contributed by atoms with Crippen LogP contribution in [0.15, 0.2) is 48.5 Å². The standard InChI is InChI=1S/C26H30N4O2/c1-18-13-15-20(16-14-18)30-24(31)23-28-21-11-7-8-12-22(21)29(23)17-26(30,2)25(32)27-19-9-5-3-4-6-10-19/h7-8,11-16,19H,3-6,9-10,17H2,1-2H3,(H,27,32)/t26-/m1/s1. The number of aromatic nitrogens is 2.